The monoisotopic (exact) mass is 383 g/mol. The van der Waals surface area contributed by atoms with Crippen molar-refractivity contribution in [3.8, 4) is 11.6 Å². The van der Waals surface area contributed by atoms with E-state index in [1.54, 1.807) is 36.7 Å². The average molecular weight is 383 g/mol. The van der Waals surface area contributed by atoms with Crippen molar-refractivity contribution >= 4 is 34.5 Å². The van der Waals surface area contributed by atoms with Gasteiger partial charge in [-0.1, -0.05) is 0 Å². The molecular weight excluding hydrogens is 366 g/mol. The van der Waals surface area contributed by atoms with Crippen LogP contribution in [-0.2, 0) is 4.74 Å². The van der Waals surface area contributed by atoms with E-state index in [1.807, 2.05) is 12.1 Å². The zero-order chi connectivity index (χ0) is 19.1. The number of benzene rings is 1. The Bertz CT molecular complexity index is 940. The number of esters is 1. The van der Waals surface area contributed by atoms with Crippen LogP contribution in [0.3, 0.4) is 0 Å². The first-order valence-corrected chi connectivity index (χ1v) is 8.93. The lowest BCUT2D eigenvalue weighted by molar-refractivity contribution is 0.0526. The highest BCUT2D eigenvalue weighted by atomic mass is 32.1. The quantitative estimate of drug-likeness (QED) is 0.364. The summed E-state index contributed by atoms with van der Waals surface area (Å²) in [5.41, 5.74) is 9.61. The second-order valence-electron chi connectivity index (χ2n) is 5.22. The molecule has 0 fully saturated rings. The standard InChI is InChI=1S/C18H17N5O3S/c1-2-25-17(24)13-7-8-20-16(9-13)26-14-5-3-12(4-6-14)10-21-23-18-22-15(19)11-27-18/h3-11H,2,19H2,1H3,(H,22,23). The number of thiazole rings is 1. The van der Waals surface area contributed by atoms with Gasteiger partial charge < -0.3 is 15.2 Å². The lowest BCUT2D eigenvalue weighted by Gasteiger charge is -2.06. The van der Waals surface area contributed by atoms with Crippen molar-refractivity contribution in [2.24, 2.45) is 5.10 Å². The van der Waals surface area contributed by atoms with Crippen molar-refractivity contribution in [3.63, 3.8) is 0 Å². The molecule has 0 atom stereocenters. The molecule has 0 aliphatic heterocycles. The van der Waals surface area contributed by atoms with Crippen LogP contribution in [0.1, 0.15) is 22.8 Å². The van der Waals surface area contributed by atoms with Gasteiger partial charge >= 0.3 is 5.97 Å². The Labute approximate surface area is 159 Å². The molecular formula is C18H17N5O3S. The number of nitrogens with two attached hydrogens (primary N) is 1. The van der Waals surface area contributed by atoms with Crippen molar-refractivity contribution in [2.75, 3.05) is 17.8 Å². The molecule has 0 unspecified atom stereocenters. The minimum atomic E-state index is -0.411. The van der Waals surface area contributed by atoms with E-state index in [0.717, 1.165) is 5.56 Å². The summed E-state index contributed by atoms with van der Waals surface area (Å²) >= 11 is 1.37. The Morgan fingerprint density at radius 3 is 2.85 bits per heavy atom. The number of hydrazone groups is 1. The summed E-state index contributed by atoms with van der Waals surface area (Å²) < 4.78 is 10.6. The Morgan fingerprint density at radius 2 is 2.15 bits per heavy atom. The van der Waals surface area contributed by atoms with Gasteiger partial charge in [0.25, 0.3) is 0 Å². The first-order valence-electron chi connectivity index (χ1n) is 8.05. The van der Waals surface area contributed by atoms with E-state index in [1.165, 1.54) is 23.6 Å². The van der Waals surface area contributed by atoms with Crippen LogP contribution in [-0.4, -0.2) is 28.8 Å². The summed E-state index contributed by atoms with van der Waals surface area (Å²) in [4.78, 5) is 19.9. The maximum atomic E-state index is 11.8. The van der Waals surface area contributed by atoms with E-state index in [2.05, 4.69) is 20.5 Å². The third kappa shape index (κ3) is 5.25. The molecule has 0 aliphatic rings. The number of nitrogens with one attached hydrogen (secondary N) is 1. The number of anilines is 2. The van der Waals surface area contributed by atoms with Crippen LogP contribution in [0.4, 0.5) is 10.9 Å². The fourth-order valence-corrected chi connectivity index (χ4v) is 2.60. The van der Waals surface area contributed by atoms with E-state index in [4.69, 9.17) is 15.2 Å². The number of carbonyl (C=O) groups is 1. The Balaban J connectivity index is 1.60. The molecule has 9 heteroatoms. The molecule has 2 heterocycles. The second-order valence-corrected chi connectivity index (χ2v) is 6.08. The van der Waals surface area contributed by atoms with Gasteiger partial charge in [-0.15, -0.1) is 11.3 Å². The summed E-state index contributed by atoms with van der Waals surface area (Å²) in [6.45, 7) is 2.06. The maximum Gasteiger partial charge on any atom is 0.338 e. The second kappa shape index (κ2) is 8.77. The predicted octanol–water partition coefficient (Wildman–Crippen LogP) is 3.54. The van der Waals surface area contributed by atoms with Gasteiger partial charge in [0, 0.05) is 17.6 Å². The molecule has 3 aromatic rings. The van der Waals surface area contributed by atoms with Crippen molar-refractivity contribution < 1.29 is 14.3 Å². The number of carbonyl (C=O) groups excluding carboxylic acids is 1. The van der Waals surface area contributed by atoms with Gasteiger partial charge in [0.15, 0.2) is 0 Å². The van der Waals surface area contributed by atoms with Crippen LogP contribution in [0.2, 0.25) is 0 Å². The molecule has 0 saturated heterocycles. The van der Waals surface area contributed by atoms with Crippen molar-refractivity contribution in [1.82, 2.24) is 9.97 Å². The largest absolute Gasteiger partial charge is 0.462 e. The maximum absolute atomic E-state index is 11.8. The SMILES string of the molecule is CCOC(=O)c1ccnc(Oc2ccc(C=NNc3nc(N)cs3)cc2)c1. The van der Waals surface area contributed by atoms with Crippen molar-refractivity contribution in [2.45, 2.75) is 6.92 Å². The van der Waals surface area contributed by atoms with Gasteiger partial charge in [0.2, 0.25) is 11.0 Å². The first kappa shape index (κ1) is 18.3. The number of rotatable bonds is 7. The molecule has 0 aliphatic carbocycles. The van der Waals surface area contributed by atoms with Gasteiger partial charge in [-0.25, -0.2) is 14.8 Å². The molecule has 0 amide bonds. The summed E-state index contributed by atoms with van der Waals surface area (Å²) in [5.74, 6) is 0.942. The summed E-state index contributed by atoms with van der Waals surface area (Å²) in [5, 5.41) is 6.45. The normalized spacial score (nSPS) is 10.7. The average Bonchev–Trinajstić information content (AvgIpc) is 3.09. The van der Waals surface area contributed by atoms with Gasteiger partial charge in [0.05, 0.1) is 18.4 Å². The van der Waals surface area contributed by atoms with Crippen LogP contribution in [0.5, 0.6) is 11.6 Å². The zero-order valence-electron chi connectivity index (χ0n) is 14.5. The molecule has 138 valence electrons. The molecule has 3 rings (SSSR count). The highest BCUT2D eigenvalue weighted by Crippen LogP contribution is 2.21. The number of hydrogen-bond acceptors (Lipinski definition) is 9. The highest BCUT2D eigenvalue weighted by Gasteiger charge is 2.08. The molecule has 0 radical (unpaired) electrons. The highest BCUT2D eigenvalue weighted by molar-refractivity contribution is 7.14. The first-order chi connectivity index (χ1) is 13.1. The molecule has 1 aromatic carbocycles. The fourth-order valence-electron chi connectivity index (χ4n) is 2.05. The Hall–Kier alpha value is -3.46. The van der Waals surface area contributed by atoms with Gasteiger partial charge in [-0.3, -0.25) is 5.43 Å². The lowest BCUT2D eigenvalue weighted by atomic mass is 10.2. The van der Waals surface area contributed by atoms with Gasteiger partial charge in [-0.2, -0.15) is 5.10 Å². The summed E-state index contributed by atoms with van der Waals surface area (Å²) in [6, 6.07) is 10.4. The third-order valence-corrected chi connectivity index (χ3v) is 4.01. The fraction of sp³-hybridized carbons (Fsp3) is 0.111. The molecule has 0 saturated carbocycles. The van der Waals surface area contributed by atoms with Crippen LogP contribution in [0, 0.1) is 0 Å². The smallest absolute Gasteiger partial charge is 0.338 e. The third-order valence-electron chi connectivity index (χ3n) is 3.24. The Morgan fingerprint density at radius 1 is 1.33 bits per heavy atom. The van der Waals surface area contributed by atoms with E-state index in [9.17, 15) is 4.79 Å². The topological polar surface area (TPSA) is 112 Å². The van der Waals surface area contributed by atoms with Crippen molar-refractivity contribution in [3.05, 3.63) is 59.1 Å². The molecule has 8 nitrogen and oxygen atoms in total. The van der Waals surface area contributed by atoms with Gasteiger partial charge in [0.1, 0.15) is 11.6 Å². The van der Waals surface area contributed by atoms with Crippen LogP contribution >= 0.6 is 11.3 Å². The van der Waals surface area contributed by atoms with E-state index in [-0.39, 0.29) is 0 Å². The molecule has 0 bridgehead atoms. The number of pyridine rings is 1. The Kier molecular flexibility index (Phi) is 5.95. The van der Waals surface area contributed by atoms with Crippen molar-refractivity contribution in [1.29, 1.82) is 0 Å². The lowest BCUT2D eigenvalue weighted by Crippen LogP contribution is -2.05. The van der Waals surface area contributed by atoms with Gasteiger partial charge in [-0.05, 0) is 42.8 Å². The molecule has 3 N–H and O–H groups in total. The van der Waals surface area contributed by atoms with E-state index >= 15 is 0 Å². The van der Waals surface area contributed by atoms with Crippen LogP contribution in [0.15, 0.2) is 53.1 Å². The number of ether oxygens (including phenoxy) is 2. The number of nitrogen functional groups attached to an aromatic ring is 1. The number of nitrogens with zero attached hydrogens (tertiary/aromatic N) is 3. The molecule has 27 heavy (non-hydrogen) atoms. The summed E-state index contributed by atoms with van der Waals surface area (Å²) in [6.07, 6.45) is 3.15. The predicted molar refractivity (Wildman–Crippen MR) is 104 cm³/mol. The zero-order valence-corrected chi connectivity index (χ0v) is 15.3. The molecule has 0 spiro atoms. The summed E-state index contributed by atoms with van der Waals surface area (Å²) in [7, 11) is 0. The van der Waals surface area contributed by atoms with E-state index in [0.29, 0.717) is 34.7 Å². The minimum Gasteiger partial charge on any atom is -0.462 e. The van der Waals surface area contributed by atoms with Crippen LogP contribution in [0.25, 0.3) is 0 Å². The number of aromatic nitrogens is 2. The number of hydrogen-bond donors (Lipinski definition) is 2. The molecule has 2 aromatic heterocycles. The van der Waals surface area contributed by atoms with Crippen LogP contribution < -0.4 is 15.9 Å². The van der Waals surface area contributed by atoms with E-state index < -0.39 is 5.97 Å². The minimum absolute atomic E-state index is 0.310.